The molecule has 2 aromatic rings. The number of hydrogen-bond acceptors (Lipinski definition) is 2. The average Bonchev–Trinajstić information content (AvgIpc) is 2.41. The van der Waals surface area contributed by atoms with Gasteiger partial charge in [0.05, 0.1) is 10.7 Å². The molecule has 0 aliphatic rings. The minimum Gasteiger partial charge on any atom is -0.398 e. The van der Waals surface area contributed by atoms with Gasteiger partial charge in [-0.3, -0.25) is 4.79 Å². The zero-order valence-electron chi connectivity index (χ0n) is 9.93. The molecular weight excluding hydrogens is 248 g/mol. The second kappa shape index (κ2) is 5.10. The van der Waals surface area contributed by atoms with E-state index in [-0.39, 0.29) is 5.91 Å². The van der Waals surface area contributed by atoms with E-state index < -0.39 is 0 Å². The van der Waals surface area contributed by atoms with Crippen LogP contribution in [-0.2, 0) is 0 Å². The van der Waals surface area contributed by atoms with Crippen LogP contribution in [0.25, 0.3) is 0 Å². The second-order valence-corrected chi connectivity index (χ2v) is 4.34. The summed E-state index contributed by atoms with van der Waals surface area (Å²) in [7, 11) is 1.72. The summed E-state index contributed by atoms with van der Waals surface area (Å²) in [6.07, 6.45) is 0. The predicted molar refractivity (Wildman–Crippen MR) is 75.0 cm³/mol. The minimum absolute atomic E-state index is 0.122. The van der Waals surface area contributed by atoms with Gasteiger partial charge in [0.15, 0.2) is 0 Å². The Balaban J connectivity index is 2.29. The van der Waals surface area contributed by atoms with Gasteiger partial charge in [-0.15, -0.1) is 0 Å². The van der Waals surface area contributed by atoms with E-state index in [1.165, 1.54) is 0 Å². The van der Waals surface area contributed by atoms with Crippen molar-refractivity contribution in [3.63, 3.8) is 0 Å². The number of benzene rings is 2. The number of nitrogen functional groups attached to an aromatic ring is 1. The third-order valence-electron chi connectivity index (χ3n) is 2.70. The first-order valence-corrected chi connectivity index (χ1v) is 5.85. The fourth-order valence-electron chi connectivity index (χ4n) is 1.62. The number of nitrogens with zero attached hydrogens (tertiary/aromatic N) is 1. The number of para-hydroxylation sites is 1. The van der Waals surface area contributed by atoms with Crippen molar-refractivity contribution in [1.82, 2.24) is 0 Å². The molecule has 0 bridgehead atoms. The van der Waals surface area contributed by atoms with Gasteiger partial charge in [0.1, 0.15) is 0 Å². The van der Waals surface area contributed by atoms with Crippen molar-refractivity contribution in [2.75, 3.05) is 17.7 Å². The van der Waals surface area contributed by atoms with Crippen LogP contribution in [0.4, 0.5) is 11.4 Å². The fraction of sp³-hybridized carbons (Fsp3) is 0.0714. The molecule has 0 atom stereocenters. The summed E-state index contributed by atoms with van der Waals surface area (Å²) in [5.41, 5.74) is 7.43. The highest BCUT2D eigenvalue weighted by atomic mass is 35.5. The lowest BCUT2D eigenvalue weighted by molar-refractivity contribution is 0.0993. The number of hydrogen-bond donors (Lipinski definition) is 1. The molecule has 4 heteroatoms. The molecule has 0 fully saturated rings. The first kappa shape index (κ1) is 12.5. The molecule has 0 heterocycles. The Labute approximate surface area is 111 Å². The molecule has 2 rings (SSSR count). The van der Waals surface area contributed by atoms with Crippen molar-refractivity contribution >= 4 is 28.9 Å². The van der Waals surface area contributed by atoms with Crippen LogP contribution in [0.5, 0.6) is 0 Å². The molecule has 1 amide bonds. The normalized spacial score (nSPS) is 10.1. The van der Waals surface area contributed by atoms with Crippen LogP contribution in [0.3, 0.4) is 0 Å². The lowest BCUT2D eigenvalue weighted by Gasteiger charge is -2.17. The molecule has 2 aromatic carbocycles. The maximum absolute atomic E-state index is 12.2. The van der Waals surface area contributed by atoms with Crippen LogP contribution < -0.4 is 10.6 Å². The van der Waals surface area contributed by atoms with Gasteiger partial charge in [-0.25, -0.2) is 0 Å². The second-order valence-electron chi connectivity index (χ2n) is 3.94. The largest absolute Gasteiger partial charge is 0.398 e. The van der Waals surface area contributed by atoms with E-state index in [1.54, 1.807) is 30.1 Å². The molecular formula is C14H13ClN2O. The van der Waals surface area contributed by atoms with Crippen molar-refractivity contribution < 1.29 is 4.79 Å². The van der Waals surface area contributed by atoms with Crippen LogP contribution in [0.1, 0.15) is 10.4 Å². The summed E-state index contributed by atoms with van der Waals surface area (Å²) in [5, 5.41) is 0.391. The summed E-state index contributed by atoms with van der Waals surface area (Å²) >= 11 is 5.91. The van der Waals surface area contributed by atoms with Gasteiger partial charge >= 0.3 is 0 Å². The number of carbonyl (C=O) groups excluding carboxylic acids is 1. The summed E-state index contributed by atoms with van der Waals surface area (Å²) in [5.74, 6) is -0.122. The van der Waals surface area contributed by atoms with Gasteiger partial charge < -0.3 is 10.6 Å². The average molecular weight is 261 g/mol. The van der Waals surface area contributed by atoms with Gasteiger partial charge in [0.2, 0.25) is 0 Å². The Morgan fingerprint density at radius 1 is 1.17 bits per heavy atom. The highest BCUT2D eigenvalue weighted by Crippen LogP contribution is 2.22. The molecule has 0 aliphatic heterocycles. The van der Waals surface area contributed by atoms with E-state index in [0.717, 1.165) is 5.69 Å². The molecule has 0 unspecified atom stereocenters. The van der Waals surface area contributed by atoms with E-state index in [1.807, 2.05) is 30.3 Å². The number of rotatable bonds is 2. The van der Waals surface area contributed by atoms with Gasteiger partial charge in [-0.05, 0) is 30.3 Å². The molecule has 0 aromatic heterocycles. The quantitative estimate of drug-likeness (QED) is 0.843. The van der Waals surface area contributed by atoms with E-state index in [0.29, 0.717) is 16.3 Å². The van der Waals surface area contributed by atoms with Crippen LogP contribution >= 0.6 is 11.6 Å². The number of halogens is 1. The Hall–Kier alpha value is -2.00. The van der Waals surface area contributed by atoms with Gasteiger partial charge in [-0.2, -0.15) is 0 Å². The zero-order chi connectivity index (χ0) is 13.1. The smallest absolute Gasteiger partial charge is 0.258 e. The van der Waals surface area contributed by atoms with E-state index >= 15 is 0 Å². The Bertz CT molecular complexity index is 569. The minimum atomic E-state index is -0.122. The summed E-state index contributed by atoms with van der Waals surface area (Å²) in [6, 6.07) is 14.3. The standard InChI is InChI=1S/C14H13ClN2O/c1-17(11-5-3-2-4-6-11)14(18)10-7-8-13(16)12(15)9-10/h2-9H,16H2,1H3. The molecule has 0 radical (unpaired) electrons. The topological polar surface area (TPSA) is 46.3 Å². The van der Waals surface area contributed by atoms with E-state index in [9.17, 15) is 4.79 Å². The summed E-state index contributed by atoms with van der Waals surface area (Å²) < 4.78 is 0. The van der Waals surface area contributed by atoms with Crippen LogP contribution in [0, 0.1) is 0 Å². The number of amides is 1. The third kappa shape index (κ3) is 2.46. The molecule has 0 aliphatic carbocycles. The van der Waals surface area contributed by atoms with E-state index in [2.05, 4.69) is 0 Å². The molecule has 2 N–H and O–H groups in total. The molecule has 0 spiro atoms. The Morgan fingerprint density at radius 3 is 2.44 bits per heavy atom. The highest BCUT2D eigenvalue weighted by Gasteiger charge is 2.14. The van der Waals surface area contributed by atoms with Crippen molar-refractivity contribution in [3.8, 4) is 0 Å². The lowest BCUT2D eigenvalue weighted by Crippen LogP contribution is -2.26. The first-order valence-electron chi connectivity index (χ1n) is 5.47. The SMILES string of the molecule is CN(C(=O)c1ccc(N)c(Cl)c1)c1ccccc1. The summed E-state index contributed by atoms with van der Waals surface area (Å²) in [6.45, 7) is 0. The first-order chi connectivity index (χ1) is 8.59. The van der Waals surface area contributed by atoms with Gasteiger partial charge in [-0.1, -0.05) is 29.8 Å². The van der Waals surface area contributed by atoms with Crippen molar-refractivity contribution in [2.24, 2.45) is 0 Å². The van der Waals surface area contributed by atoms with Gasteiger partial charge in [0, 0.05) is 18.3 Å². The number of carbonyl (C=O) groups is 1. The highest BCUT2D eigenvalue weighted by molar-refractivity contribution is 6.33. The van der Waals surface area contributed by atoms with Gasteiger partial charge in [0.25, 0.3) is 5.91 Å². The van der Waals surface area contributed by atoms with Crippen LogP contribution in [-0.4, -0.2) is 13.0 Å². The molecule has 18 heavy (non-hydrogen) atoms. The van der Waals surface area contributed by atoms with Crippen molar-refractivity contribution in [2.45, 2.75) is 0 Å². The molecule has 0 saturated heterocycles. The Kier molecular flexibility index (Phi) is 3.53. The third-order valence-corrected chi connectivity index (χ3v) is 3.02. The van der Waals surface area contributed by atoms with Crippen LogP contribution in [0.15, 0.2) is 48.5 Å². The maximum atomic E-state index is 12.2. The predicted octanol–water partition coefficient (Wildman–Crippen LogP) is 3.20. The van der Waals surface area contributed by atoms with Crippen molar-refractivity contribution in [3.05, 3.63) is 59.1 Å². The molecule has 92 valence electrons. The lowest BCUT2D eigenvalue weighted by atomic mass is 10.1. The number of anilines is 2. The monoisotopic (exact) mass is 260 g/mol. The Morgan fingerprint density at radius 2 is 1.83 bits per heavy atom. The number of nitrogens with two attached hydrogens (primary N) is 1. The molecule has 0 saturated carbocycles. The zero-order valence-corrected chi connectivity index (χ0v) is 10.7. The van der Waals surface area contributed by atoms with E-state index in [4.69, 9.17) is 17.3 Å². The summed E-state index contributed by atoms with van der Waals surface area (Å²) in [4.78, 5) is 13.8. The van der Waals surface area contributed by atoms with Crippen molar-refractivity contribution in [1.29, 1.82) is 0 Å². The maximum Gasteiger partial charge on any atom is 0.258 e. The fourth-order valence-corrected chi connectivity index (χ4v) is 1.80. The van der Waals surface area contributed by atoms with Crippen LogP contribution in [0.2, 0.25) is 5.02 Å². The molecule has 3 nitrogen and oxygen atoms in total.